The van der Waals surface area contributed by atoms with E-state index in [2.05, 4.69) is 15.7 Å². The summed E-state index contributed by atoms with van der Waals surface area (Å²) < 4.78 is 16.0. The average molecular weight is 460 g/mol. The van der Waals surface area contributed by atoms with Crippen molar-refractivity contribution in [3.63, 3.8) is 0 Å². The van der Waals surface area contributed by atoms with E-state index < -0.39 is 11.9 Å². The smallest absolute Gasteiger partial charge is 0.252 e. The van der Waals surface area contributed by atoms with Crippen LogP contribution in [0, 0.1) is 5.82 Å². The molecule has 4 N–H and O–H groups in total. The van der Waals surface area contributed by atoms with E-state index in [0.29, 0.717) is 22.3 Å². The number of primary amides is 1. The van der Waals surface area contributed by atoms with Gasteiger partial charge in [0.2, 0.25) is 0 Å². The summed E-state index contributed by atoms with van der Waals surface area (Å²) >= 11 is 0. The summed E-state index contributed by atoms with van der Waals surface area (Å²) in [7, 11) is 0. The van der Waals surface area contributed by atoms with Crippen LogP contribution in [0.25, 0.3) is 16.6 Å². The zero-order chi connectivity index (χ0) is 24.4. The molecule has 2 aromatic carbocycles. The summed E-state index contributed by atoms with van der Waals surface area (Å²) in [4.78, 5) is 24.4. The van der Waals surface area contributed by atoms with Crippen LogP contribution < -0.4 is 16.4 Å². The highest BCUT2D eigenvalue weighted by molar-refractivity contribution is 6.02. The van der Waals surface area contributed by atoms with E-state index in [4.69, 9.17) is 5.73 Å². The number of benzene rings is 2. The molecule has 0 unspecified atom stereocenters. The third-order valence-corrected chi connectivity index (χ3v) is 5.54. The Bertz CT molecular complexity index is 1360. The van der Waals surface area contributed by atoms with Gasteiger partial charge < -0.3 is 16.4 Å². The normalized spacial score (nSPS) is 12.0. The average Bonchev–Trinajstić information content (AvgIpc) is 3.24. The number of hydrogen-bond donors (Lipinski definition) is 3. The molecule has 4 aromatic rings. The predicted molar refractivity (Wildman–Crippen MR) is 130 cm³/mol. The lowest BCUT2D eigenvalue weighted by Gasteiger charge is -2.19. The van der Waals surface area contributed by atoms with Crippen molar-refractivity contribution in [3.05, 3.63) is 89.5 Å². The van der Waals surface area contributed by atoms with Crippen molar-refractivity contribution in [2.24, 2.45) is 5.73 Å². The molecule has 1 atom stereocenters. The van der Waals surface area contributed by atoms with Crippen molar-refractivity contribution in [2.75, 3.05) is 5.32 Å². The van der Waals surface area contributed by atoms with E-state index in [-0.39, 0.29) is 23.3 Å². The van der Waals surface area contributed by atoms with Crippen molar-refractivity contribution < 1.29 is 14.0 Å². The van der Waals surface area contributed by atoms with Gasteiger partial charge in [-0.2, -0.15) is 5.10 Å². The van der Waals surface area contributed by atoms with Crippen LogP contribution in [0.5, 0.6) is 0 Å². The molecule has 174 valence electrons. The Morgan fingerprint density at radius 1 is 1.03 bits per heavy atom. The van der Waals surface area contributed by atoms with Crippen molar-refractivity contribution >= 4 is 23.0 Å². The Morgan fingerprint density at radius 3 is 2.38 bits per heavy atom. The lowest BCUT2D eigenvalue weighted by Crippen LogP contribution is -2.29. The van der Waals surface area contributed by atoms with Gasteiger partial charge in [-0.05, 0) is 50.6 Å². The van der Waals surface area contributed by atoms with Gasteiger partial charge in [0.05, 0.1) is 29.0 Å². The van der Waals surface area contributed by atoms with Gasteiger partial charge in [0.1, 0.15) is 5.82 Å². The Balaban J connectivity index is 1.72. The number of nitrogens with zero attached hydrogens (tertiary/aromatic N) is 2. The maximum absolute atomic E-state index is 14.3. The maximum atomic E-state index is 14.3. The highest BCUT2D eigenvalue weighted by Gasteiger charge is 2.19. The second-order valence-electron chi connectivity index (χ2n) is 8.45. The first kappa shape index (κ1) is 23.0. The molecule has 0 saturated heterocycles. The Kier molecular flexibility index (Phi) is 6.32. The van der Waals surface area contributed by atoms with Gasteiger partial charge in [0.25, 0.3) is 11.8 Å². The van der Waals surface area contributed by atoms with Gasteiger partial charge in [-0.15, -0.1) is 0 Å². The predicted octanol–water partition coefficient (Wildman–Crippen LogP) is 4.55. The van der Waals surface area contributed by atoms with Crippen LogP contribution in [0.3, 0.4) is 0 Å². The molecule has 34 heavy (non-hydrogen) atoms. The quantitative estimate of drug-likeness (QED) is 0.377. The third-order valence-electron chi connectivity index (χ3n) is 5.54. The van der Waals surface area contributed by atoms with Gasteiger partial charge in [0, 0.05) is 28.9 Å². The highest BCUT2D eigenvalue weighted by atomic mass is 19.1. The lowest BCUT2D eigenvalue weighted by molar-refractivity contribution is 0.0942. The molecule has 4 rings (SSSR count). The summed E-state index contributed by atoms with van der Waals surface area (Å²) in [5, 5.41) is 10.4. The second kappa shape index (κ2) is 9.35. The van der Waals surface area contributed by atoms with Crippen LogP contribution in [0.4, 0.5) is 10.1 Å². The lowest BCUT2D eigenvalue weighted by atomic mass is 10.0. The number of fused-ring (bicyclic) bond motifs is 1. The topological polar surface area (TPSA) is 102 Å². The van der Waals surface area contributed by atoms with Crippen LogP contribution in [-0.2, 0) is 0 Å². The molecule has 0 bridgehead atoms. The number of carbonyl (C=O) groups excluding carboxylic acids is 2. The van der Waals surface area contributed by atoms with Gasteiger partial charge in [-0.1, -0.05) is 30.3 Å². The molecule has 8 heteroatoms. The van der Waals surface area contributed by atoms with Gasteiger partial charge in [0.15, 0.2) is 0 Å². The van der Waals surface area contributed by atoms with Gasteiger partial charge >= 0.3 is 0 Å². The summed E-state index contributed by atoms with van der Waals surface area (Å²) in [6, 6.07) is 15.2. The number of amides is 2. The fourth-order valence-corrected chi connectivity index (χ4v) is 3.83. The number of halogens is 1. The molecule has 0 radical (unpaired) electrons. The third kappa shape index (κ3) is 4.61. The largest absolute Gasteiger partial charge is 0.376 e. The first-order valence-corrected chi connectivity index (χ1v) is 11.0. The van der Waals surface area contributed by atoms with Crippen molar-refractivity contribution in [1.29, 1.82) is 0 Å². The SMILES string of the molecule is CC(C)NC(=O)c1ccc(-c2cc3c(N[C@H](C)c4ccccc4F)c(C(N)=O)cnn3c2)cc1. The molecule has 0 aliphatic rings. The minimum atomic E-state index is -0.637. The number of nitrogens with two attached hydrogens (primary N) is 1. The van der Waals surface area contributed by atoms with E-state index in [0.717, 1.165) is 11.1 Å². The summed E-state index contributed by atoms with van der Waals surface area (Å²) in [5.41, 5.74) is 9.66. The molecule has 2 amide bonds. The molecule has 7 nitrogen and oxygen atoms in total. The van der Waals surface area contributed by atoms with Crippen LogP contribution in [0.2, 0.25) is 0 Å². The van der Waals surface area contributed by atoms with Crippen molar-refractivity contribution in [3.8, 4) is 11.1 Å². The molecule has 0 saturated carbocycles. The zero-order valence-electron chi connectivity index (χ0n) is 19.2. The Morgan fingerprint density at radius 2 is 1.74 bits per heavy atom. The first-order chi connectivity index (χ1) is 16.2. The number of nitrogens with one attached hydrogen (secondary N) is 2. The van der Waals surface area contributed by atoms with E-state index >= 15 is 0 Å². The second-order valence-corrected chi connectivity index (χ2v) is 8.45. The summed E-state index contributed by atoms with van der Waals surface area (Å²) in [6.07, 6.45) is 3.22. The van der Waals surface area contributed by atoms with Crippen LogP contribution in [0.15, 0.2) is 67.0 Å². The first-order valence-electron chi connectivity index (χ1n) is 11.0. The highest BCUT2D eigenvalue weighted by Crippen LogP contribution is 2.31. The molecule has 2 heterocycles. The van der Waals surface area contributed by atoms with Crippen molar-refractivity contribution in [2.45, 2.75) is 32.9 Å². The summed E-state index contributed by atoms with van der Waals surface area (Å²) in [6.45, 7) is 5.63. The molecule has 0 fully saturated rings. The van der Waals surface area contributed by atoms with Gasteiger partial charge in [-0.25, -0.2) is 8.91 Å². The Hall–Kier alpha value is -4.20. The molecule has 0 aliphatic heterocycles. The van der Waals surface area contributed by atoms with E-state index in [1.54, 1.807) is 34.8 Å². The maximum Gasteiger partial charge on any atom is 0.252 e. The molecular formula is C26H26FN5O2. The molecule has 0 aliphatic carbocycles. The van der Waals surface area contributed by atoms with Crippen LogP contribution in [-0.4, -0.2) is 27.5 Å². The fourth-order valence-electron chi connectivity index (χ4n) is 3.83. The number of hydrogen-bond acceptors (Lipinski definition) is 4. The van der Waals surface area contributed by atoms with Crippen LogP contribution in [0.1, 0.15) is 53.1 Å². The number of anilines is 1. The molecule has 0 spiro atoms. The number of rotatable bonds is 7. The molecular weight excluding hydrogens is 433 g/mol. The van der Waals surface area contributed by atoms with E-state index in [1.807, 2.05) is 45.2 Å². The zero-order valence-corrected chi connectivity index (χ0v) is 19.2. The monoisotopic (exact) mass is 459 g/mol. The van der Waals surface area contributed by atoms with E-state index in [9.17, 15) is 14.0 Å². The van der Waals surface area contributed by atoms with E-state index in [1.165, 1.54) is 12.3 Å². The fraction of sp³-hybridized carbons (Fsp3) is 0.192. The minimum Gasteiger partial charge on any atom is -0.376 e. The standard InChI is InChI=1S/C26H26FN5O2/c1-15(2)30-26(34)18-10-8-17(9-11-18)19-12-23-24(21(25(28)33)13-29-32(23)14-19)31-16(3)20-6-4-5-7-22(20)27/h4-16,31H,1-3H3,(H2,28,33)(H,30,34)/t16-/m1/s1. The Labute approximate surface area is 196 Å². The minimum absolute atomic E-state index is 0.0483. The summed E-state index contributed by atoms with van der Waals surface area (Å²) in [5.74, 6) is -1.11. The molecule has 2 aromatic heterocycles. The number of carbonyl (C=O) groups is 2. The number of aromatic nitrogens is 2. The van der Waals surface area contributed by atoms with Crippen molar-refractivity contribution in [1.82, 2.24) is 14.9 Å². The van der Waals surface area contributed by atoms with Gasteiger partial charge in [-0.3, -0.25) is 9.59 Å². The van der Waals surface area contributed by atoms with Crippen LogP contribution >= 0.6 is 0 Å².